The lowest BCUT2D eigenvalue weighted by atomic mass is 10.1. The number of unbranched alkanes of at least 4 members (excludes halogenated alkanes) is 27. The molecule has 0 spiro atoms. The number of nitrogens with zero attached hydrogens (tertiary/aromatic N) is 1. The molecule has 2 rings (SSSR count). The zero-order chi connectivity index (χ0) is 38.6. The zero-order valence-electron chi connectivity index (χ0n) is 35.5. The van der Waals surface area contributed by atoms with E-state index < -0.39 is 0 Å². The minimum atomic E-state index is 0.215. The smallest absolute Gasteiger partial charge is 0.203 e. The summed E-state index contributed by atoms with van der Waals surface area (Å²) in [5.74, 6) is 2.35. The van der Waals surface area contributed by atoms with Crippen LogP contribution < -0.4 is 14.2 Å². The second-order valence-corrected chi connectivity index (χ2v) is 15.7. The molecule has 0 aliphatic rings. The molecular formula is C49H83NO4. The van der Waals surface area contributed by atoms with Gasteiger partial charge in [-0.05, 0) is 31.4 Å². The summed E-state index contributed by atoms with van der Waals surface area (Å²) in [6.45, 7) is 8.79. The summed E-state index contributed by atoms with van der Waals surface area (Å²) < 4.78 is 19.5. The summed E-state index contributed by atoms with van der Waals surface area (Å²) in [5.41, 5.74) is 1.42. The van der Waals surface area contributed by atoms with Gasteiger partial charge >= 0.3 is 0 Å². The molecule has 54 heavy (non-hydrogen) atoms. The second-order valence-electron chi connectivity index (χ2n) is 15.7. The molecule has 0 aromatic heterocycles. The second kappa shape index (κ2) is 34.8. The van der Waals surface area contributed by atoms with Crippen molar-refractivity contribution >= 4 is 11.9 Å². The first-order valence-corrected chi connectivity index (χ1v) is 23.1. The summed E-state index contributed by atoms with van der Waals surface area (Å²) in [4.78, 5) is 4.77. The van der Waals surface area contributed by atoms with Crippen molar-refractivity contribution in [1.82, 2.24) is 0 Å². The van der Waals surface area contributed by atoms with E-state index in [9.17, 15) is 5.11 Å². The lowest BCUT2D eigenvalue weighted by Crippen LogP contribution is -2.06. The zero-order valence-corrected chi connectivity index (χ0v) is 35.5. The molecule has 308 valence electrons. The van der Waals surface area contributed by atoms with E-state index in [0.29, 0.717) is 42.6 Å². The first kappa shape index (κ1) is 47.5. The third-order valence-electron chi connectivity index (χ3n) is 10.6. The summed E-state index contributed by atoms with van der Waals surface area (Å²) in [6, 6.07) is 11.3. The van der Waals surface area contributed by atoms with Gasteiger partial charge < -0.3 is 19.3 Å². The maximum Gasteiger partial charge on any atom is 0.203 e. The fraction of sp³-hybridized carbons (Fsp3) is 0.735. The van der Waals surface area contributed by atoms with Gasteiger partial charge in [-0.2, -0.15) is 0 Å². The van der Waals surface area contributed by atoms with Crippen LogP contribution in [-0.2, 0) is 0 Å². The predicted octanol–water partition coefficient (Wildman–Crippen LogP) is 16.0. The number of phenolic OH excluding ortho intramolecular Hbond substituents is 1. The van der Waals surface area contributed by atoms with Crippen LogP contribution in [0.2, 0.25) is 0 Å². The van der Waals surface area contributed by atoms with E-state index in [1.807, 2.05) is 30.3 Å². The molecule has 0 bridgehead atoms. The average molecular weight is 750 g/mol. The Bertz CT molecular complexity index is 1120. The largest absolute Gasteiger partial charge is 0.507 e. The highest BCUT2D eigenvalue weighted by atomic mass is 16.5. The van der Waals surface area contributed by atoms with Crippen molar-refractivity contribution in [3.63, 3.8) is 0 Å². The Morgan fingerprint density at radius 2 is 0.778 bits per heavy atom. The molecule has 0 aliphatic heterocycles. The van der Waals surface area contributed by atoms with E-state index in [1.54, 1.807) is 12.3 Å². The molecule has 2 aromatic rings. The number of hydrogen-bond acceptors (Lipinski definition) is 5. The van der Waals surface area contributed by atoms with Crippen LogP contribution in [0.5, 0.6) is 23.0 Å². The molecule has 0 radical (unpaired) electrons. The number of hydrogen-bond donors (Lipinski definition) is 1. The molecule has 0 saturated heterocycles. The van der Waals surface area contributed by atoms with Crippen molar-refractivity contribution in [2.45, 2.75) is 213 Å². The van der Waals surface area contributed by atoms with Gasteiger partial charge in [0.05, 0.1) is 25.5 Å². The standard InChI is InChI=1S/C49H83NO4/c1-4-7-10-13-16-19-22-25-28-33-38-52-47-41-45(50-43-44-36-31-32-37-46(44)51)42-48(53-39-34-29-26-23-20-17-14-11-8-5-2)49(47)54-40-35-30-27-24-21-18-15-12-9-6-3/h31-32,36-37,41-43,51H,4-30,33-35,38-40H2,1-3H3. The normalized spacial score (nSPS) is 11.5. The van der Waals surface area contributed by atoms with Crippen LogP contribution in [-0.4, -0.2) is 31.1 Å². The van der Waals surface area contributed by atoms with Crippen molar-refractivity contribution < 1.29 is 19.3 Å². The van der Waals surface area contributed by atoms with Crippen molar-refractivity contribution in [3.8, 4) is 23.0 Å². The van der Waals surface area contributed by atoms with Gasteiger partial charge in [0.25, 0.3) is 0 Å². The summed E-state index contributed by atoms with van der Waals surface area (Å²) in [7, 11) is 0. The maximum absolute atomic E-state index is 10.4. The van der Waals surface area contributed by atoms with Gasteiger partial charge in [-0.1, -0.05) is 206 Å². The Morgan fingerprint density at radius 3 is 1.15 bits per heavy atom. The Balaban J connectivity index is 2.03. The Morgan fingerprint density at radius 1 is 0.444 bits per heavy atom. The SMILES string of the molecule is CCCCCCCCCCCCOc1cc(N=Cc2ccccc2O)cc(OCCCCCCCCCCCC)c1OCCCCCCCCCCCC. The Hall–Kier alpha value is -2.69. The Kier molecular flexibility index (Phi) is 30.6. The number of benzene rings is 2. The monoisotopic (exact) mass is 750 g/mol. The number of ether oxygens (including phenoxy) is 3. The third-order valence-corrected chi connectivity index (χ3v) is 10.6. The number of rotatable bonds is 38. The molecule has 5 nitrogen and oxygen atoms in total. The van der Waals surface area contributed by atoms with E-state index in [4.69, 9.17) is 19.2 Å². The fourth-order valence-electron chi connectivity index (χ4n) is 7.04. The molecule has 5 heteroatoms. The lowest BCUT2D eigenvalue weighted by Gasteiger charge is -2.18. The van der Waals surface area contributed by atoms with Crippen LogP contribution >= 0.6 is 0 Å². The highest BCUT2D eigenvalue weighted by molar-refractivity contribution is 5.85. The summed E-state index contributed by atoms with van der Waals surface area (Å²) in [5, 5.41) is 10.4. The van der Waals surface area contributed by atoms with E-state index >= 15 is 0 Å². The molecule has 1 N–H and O–H groups in total. The lowest BCUT2D eigenvalue weighted by molar-refractivity contribution is 0.234. The van der Waals surface area contributed by atoms with Gasteiger partial charge in [0.15, 0.2) is 11.5 Å². The molecule has 0 amide bonds. The minimum absolute atomic E-state index is 0.215. The van der Waals surface area contributed by atoms with Crippen molar-refractivity contribution in [2.24, 2.45) is 4.99 Å². The number of para-hydroxylation sites is 1. The highest BCUT2D eigenvalue weighted by Crippen LogP contribution is 2.42. The van der Waals surface area contributed by atoms with Gasteiger partial charge in [-0.25, -0.2) is 0 Å². The van der Waals surface area contributed by atoms with E-state index in [2.05, 4.69) is 20.8 Å². The first-order valence-electron chi connectivity index (χ1n) is 23.1. The van der Waals surface area contributed by atoms with Crippen LogP contribution in [0, 0.1) is 0 Å². The predicted molar refractivity (Wildman–Crippen MR) is 234 cm³/mol. The Labute approximate surface area is 333 Å². The third kappa shape index (κ3) is 24.7. The van der Waals surface area contributed by atoms with E-state index in [1.165, 1.54) is 173 Å². The van der Waals surface area contributed by atoms with Crippen LogP contribution in [0.15, 0.2) is 41.4 Å². The molecule has 0 saturated carbocycles. The van der Waals surface area contributed by atoms with Gasteiger partial charge in [-0.3, -0.25) is 4.99 Å². The summed E-state index contributed by atoms with van der Waals surface area (Å²) in [6.07, 6.45) is 40.5. The first-order chi connectivity index (χ1) is 26.7. The van der Waals surface area contributed by atoms with Crippen LogP contribution in [0.1, 0.15) is 219 Å². The van der Waals surface area contributed by atoms with Gasteiger partial charge in [0.1, 0.15) is 5.75 Å². The minimum Gasteiger partial charge on any atom is -0.507 e. The van der Waals surface area contributed by atoms with Crippen LogP contribution in [0.3, 0.4) is 0 Å². The average Bonchev–Trinajstić information content (AvgIpc) is 3.18. The number of aromatic hydroxyl groups is 1. The molecule has 0 aliphatic carbocycles. The number of phenols is 1. The van der Waals surface area contributed by atoms with Crippen molar-refractivity contribution in [1.29, 1.82) is 0 Å². The molecular weight excluding hydrogens is 667 g/mol. The summed E-state index contributed by atoms with van der Waals surface area (Å²) >= 11 is 0. The molecule has 0 heterocycles. The fourth-order valence-corrected chi connectivity index (χ4v) is 7.04. The molecule has 0 fully saturated rings. The van der Waals surface area contributed by atoms with Gasteiger partial charge in [0, 0.05) is 23.9 Å². The molecule has 2 aromatic carbocycles. The highest BCUT2D eigenvalue weighted by Gasteiger charge is 2.16. The van der Waals surface area contributed by atoms with E-state index in [0.717, 1.165) is 24.9 Å². The van der Waals surface area contributed by atoms with E-state index in [-0.39, 0.29) is 5.75 Å². The van der Waals surface area contributed by atoms with Crippen molar-refractivity contribution in [3.05, 3.63) is 42.0 Å². The van der Waals surface area contributed by atoms with Crippen LogP contribution in [0.25, 0.3) is 0 Å². The number of aliphatic imine (C=N–C) groups is 1. The quantitative estimate of drug-likeness (QED) is 0.0548. The van der Waals surface area contributed by atoms with Gasteiger partial charge in [-0.15, -0.1) is 0 Å². The maximum atomic E-state index is 10.4. The molecule has 0 atom stereocenters. The topological polar surface area (TPSA) is 60.3 Å². The van der Waals surface area contributed by atoms with Crippen molar-refractivity contribution in [2.75, 3.05) is 19.8 Å². The van der Waals surface area contributed by atoms with Crippen LogP contribution in [0.4, 0.5) is 5.69 Å². The van der Waals surface area contributed by atoms with Gasteiger partial charge in [0.2, 0.25) is 5.75 Å². The molecule has 0 unspecified atom stereocenters.